The predicted octanol–water partition coefficient (Wildman–Crippen LogP) is 5.73. The Labute approximate surface area is 192 Å². The zero-order chi connectivity index (χ0) is 22.7. The van der Waals surface area contributed by atoms with Gasteiger partial charge < -0.3 is 19.5 Å². The molecule has 1 unspecified atom stereocenters. The number of ether oxygens (including phenoxy) is 1. The first-order valence-corrected chi connectivity index (χ1v) is 12.3. The van der Waals surface area contributed by atoms with Gasteiger partial charge in [-0.25, -0.2) is 0 Å². The van der Waals surface area contributed by atoms with Crippen LogP contribution in [0.4, 0.5) is 0 Å². The van der Waals surface area contributed by atoms with Crippen LogP contribution in [0.2, 0.25) is 0 Å². The van der Waals surface area contributed by atoms with Gasteiger partial charge in [-0.2, -0.15) is 0 Å². The van der Waals surface area contributed by atoms with E-state index in [-0.39, 0.29) is 0 Å². The lowest BCUT2D eigenvalue weighted by Crippen LogP contribution is -2.33. The first-order valence-electron chi connectivity index (χ1n) is 11.0. The molecule has 0 saturated carbocycles. The van der Waals surface area contributed by atoms with E-state index in [0.29, 0.717) is 6.61 Å². The summed E-state index contributed by atoms with van der Waals surface area (Å²) in [4.78, 5) is 0. The van der Waals surface area contributed by atoms with Crippen LogP contribution >= 0.6 is 8.53 Å². The van der Waals surface area contributed by atoms with Crippen molar-refractivity contribution in [3.8, 4) is 5.75 Å². The summed E-state index contributed by atoms with van der Waals surface area (Å²) >= 11 is 0. The molecule has 0 fully saturated rings. The first-order chi connectivity index (χ1) is 15.7. The van der Waals surface area contributed by atoms with Crippen LogP contribution in [-0.4, -0.2) is 20.3 Å². The predicted molar refractivity (Wildman–Crippen MR) is 131 cm³/mol. The second-order valence-electron chi connectivity index (χ2n) is 7.53. The number of nitrogens with two attached hydrogens (primary N) is 2. The third-order valence-corrected chi connectivity index (χ3v) is 6.28. The Morgan fingerprint density at radius 3 is 1.91 bits per heavy atom. The lowest BCUT2D eigenvalue weighted by Gasteiger charge is -2.37. The third kappa shape index (κ3) is 5.94. The average Bonchev–Trinajstić information content (AvgIpc) is 2.86. The molecule has 0 aliphatic rings. The second-order valence-corrected chi connectivity index (χ2v) is 8.54. The maximum absolute atomic E-state index is 6.69. The molecule has 0 bridgehead atoms. The van der Waals surface area contributed by atoms with Crippen LogP contribution in [0.15, 0.2) is 84.9 Å². The van der Waals surface area contributed by atoms with Gasteiger partial charge in [0.1, 0.15) is 5.75 Å². The molecule has 3 aromatic rings. The molecule has 0 aromatic heterocycles. The molecular formula is C26H33N2O3P. The molecule has 1 atom stereocenters. The van der Waals surface area contributed by atoms with Crippen LogP contribution in [0.25, 0.3) is 0 Å². The quantitative estimate of drug-likeness (QED) is 0.197. The van der Waals surface area contributed by atoms with E-state index in [0.717, 1.165) is 54.7 Å². The Kier molecular flexibility index (Phi) is 9.66. The van der Waals surface area contributed by atoms with Crippen molar-refractivity contribution in [3.63, 3.8) is 0 Å². The van der Waals surface area contributed by atoms with Crippen LogP contribution in [0, 0.1) is 0 Å². The molecule has 0 aliphatic heterocycles. The molecule has 0 heterocycles. The van der Waals surface area contributed by atoms with E-state index in [1.54, 1.807) is 7.11 Å². The van der Waals surface area contributed by atoms with E-state index in [1.165, 1.54) is 0 Å². The van der Waals surface area contributed by atoms with Gasteiger partial charge in [0.25, 0.3) is 8.53 Å². The van der Waals surface area contributed by atoms with Gasteiger partial charge in [-0.3, -0.25) is 5.50 Å². The van der Waals surface area contributed by atoms with Crippen molar-refractivity contribution in [1.82, 2.24) is 0 Å². The van der Waals surface area contributed by atoms with Crippen molar-refractivity contribution in [2.24, 2.45) is 11.2 Å². The van der Waals surface area contributed by atoms with Crippen LogP contribution in [0.1, 0.15) is 42.4 Å². The largest absolute Gasteiger partial charge is 0.496 e. The summed E-state index contributed by atoms with van der Waals surface area (Å²) in [5.74, 6) is 0.727. The zero-order valence-electron chi connectivity index (χ0n) is 18.7. The second kappa shape index (κ2) is 12.7. The molecule has 32 heavy (non-hydrogen) atoms. The van der Waals surface area contributed by atoms with Crippen LogP contribution in [-0.2, 0) is 14.6 Å². The number of hydrogen-bond acceptors (Lipinski definition) is 5. The Bertz CT molecular complexity index is 885. The maximum Gasteiger partial charge on any atom is 0.254 e. The highest BCUT2D eigenvalue weighted by Crippen LogP contribution is 2.51. The van der Waals surface area contributed by atoms with E-state index in [1.807, 2.05) is 60.7 Å². The molecule has 170 valence electrons. The SMILES string of the molecule is COc1ccccc1C(OP(N)OCCCCCCN)(c1ccccc1)c1ccccc1. The molecule has 4 N–H and O–H groups in total. The van der Waals surface area contributed by atoms with Gasteiger partial charge in [-0.15, -0.1) is 0 Å². The van der Waals surface area contributed by atoms with Gasteiger partial charge in [0.2, 0.25) is 0 Å². The van der Waals surface area contributed by atoms with Crippen molar-refractivity contribution < 1.29 is 13.8 Å². The van der Waals surface area contributed by atoms with Crippen LogP contribution in [0.5, 0.6) is 5.75 Å². The number of methoxy groups -OCH3 is 1. The van der Waals surface area contributed by atoms with Crippen molar-refractivity contribution in [2.75, 3.05) is 20.3 Å². The fraction of sp³-hybridized carbons (Fsp3) is 0.308. The third-order valence-electron chi connectivity index (χ3n) is 5.39. The summed E-state index contributed by atoms with van der Waals surface area (Å²) in [6.45, 7) is 1.28. The minimum Gasteiger partial charge on any atom is -0.496 e. The van der Waals surface area contributed by atoms with Crippen molar-refractivity contribution >= 4 is 8.53 Å². The van der Waals surface area contributed by atoms with Crippen LogP contribution in [0.3, 0.4) is 0 Å². The van der Waals surface area contributed by atoms with E-state index in [9.17, 15) is 0 Å². The van der Waals surface area contributed by atoms with E-state index >= 15 is 0 Å². The van der Waals surface area contributed by atoms with Gasteiger partial charge in [0, 0.05) is 5.56 Å². The Morgan fingerprint density at radius 2 is 1.31 bits per heavy atom. The van der Waals surface area contributed by atoms with Gasteiger partial charge in [-0.1, -0.05) is 91.7 Å². The molecule has 0 aliphatic carbocycles. The highest BCUT2D eigenvalue weighted by Gasteiger charge is 2.42. The van der Waals surface area contributed by atoms with Crippen molar-refractivity contribution in [2.45, 2.75) is 31.3 Å². The van der Waals surface area contributed by atoms with Crippen molar-refractivity contribution in [1.29, 1.82) is 0 Å². The molecule has 0 spiro atoms. The first kappa shape index (κ1) is 24.4. The number of unbranched alkanes of at least 4 members (excludes halogenated alkanes) is 3. The molecule has 0 saturated heterocycles. The van der Waals surface area contributed by atoms with Gasteiger partial charge in [0.15, 0.2) is 5.60 Å². The molecular weight excluding hydrogens is 419 g/mol. The normalized spacial score (nSPS) is 12.5. The molecule has 6 heteroatoms. The minimum atomic E-state index is -1.66. The Hall–Kier alpha value is -2.27. The van der Waals surface area contributed by atoms with Crippen molar-refractivity contribution in [3.05, 3.63) is 102 Å². The lowest BCUT2D eigenvalue weighted by atomic mass is 9.80. The fourth-order valence-corrected chi connectivity index (χ4v) is 4.77. The summed E-state index contributed by atoms with van der Waals surface area (Å²) in [7, 11) is 0.00783. The summed E-state index contributed by atoms with van der Waals surface area (Å²) in [6, 6.07) is 28.1. The van der Waals surface area contributed by atoms with E-state index < -0.39 is 14.1 Å². The standard InChI is InChI=1S/C26H33N2O3P/c1-29-25-19-11-10-18-24(25)26(22-14-6-4-7-15-22,23-16-8-5-9-17-23)31-32(28)30-21-13-3-2-12-20-27/h4-11,14-19H,2-3,12-13,20-21,27-28H2,1H3. The molecule has 5 nitrogen and oxygen atoms in total. The lowest BCUT2D eigenvalue weighted by molar-refractivity contribution is 0.135. The molecule has 0 amide bonds. The molecule has 3 aromatic carbocycles. The number of rotatable bonds is 13. The average molecular weight is 453 g/mol. The summed E-state index contributed by atoms with van der Waals surface area (Å²) in [5, 5.41) is 0. The van der Waals surface area contributed by atoms with E-state index in [4.69, 9.17) is 25.0 Å². The monoisotopic (exact) mass is 452 g/mol. The fourth-order valence-electron chi connectivity index (χ4n) is 3.83. The van der Waals surface area contributed by atoms with Gasteiger partial charge >= 0.3 is 0 Å². The van der Waals surface area contributed by atoms with Gasteiger partial charge in [-0.05, 0) is 36.6 Å². The smallest absolute Gasteiger partial charge is 0.254 e. The zero-order valence-corrected chi connectivity index (χ0v) is 19.5. The Morgan fingerprint density at radius 1 is 0.750 bits per heavy atom. The molecule has 3 rings (SSSR count). The topological polar surface area (TPSA) is 79.7 Å². The Balaban J connectivity index is 1.99. The number of para-hydroxylation sites is 1. The highest BCUT2D eigenvalue weighted by atomic mass is 31.2. The highest BCUT2D eigenvalue weighted by molar-refractivity contribution is 7.44. The molecule has 0 radical (unpaired) electrons. The summed E-state index contributed by atoms with van der Waals surface area (Å²) in [6.07, 6.45) is 4.13. The number of hydrogen-bond donors (Lipinski definition) is 2. The summed E-state index contributed by atoms with van der Waals surface area (Å²) < 4.78 is 18.4. The maximum atomic E-state index is 6.69. The minimum absolute atomic E-state index is 0.554. The van der Waals surface area contributed by atoms with E-state index in [2.05, 4.69) is 24.3 Å². The number of benzene rings is 3. The van der Waals surface area contributed by atoms with Crippen LogP contribution < -0.4 is 16.0 Å². The summed E-state index contributed by atoms with van der Waals surface area (Å²) in [5.41, 5.74) is 13.9. The van der Waals surface area contributed by atoms with Gasteiger partial charge in [0.05, 0.1) is 13.7 Å².